The normalized spacial score (nSPS) is 25.0. The number of carbonyl (C=O) groups excluding carboxylic acids is 3. The first-order chi connectivity index (χ1) is 17.5. The van der Waals surface area contributed by atoms with Crippen LogP contribution in [0.5, 0.6) is 11.6 Å². The first kappa shape index (κ1) is 26.7. The zero-order valence-electron chi connectivity index (χ0n) is 22.4. The summed E-state index contributed by atoms with van der Waals surface area (Å²) < 4.78 is 22.2. The van der Waals surface area contributed by atoms with Crippen molar-refractivity contribution in [3.63, 3.8) is 0 Å². The van der Waals surface area contributed by atoms with Gasteiger partial charge in [-0.2, -0.15) is 0 Å². The molecule has 1 aromatic carbocycles. The molecule has 1 aliphatic heterocycles. The lowest BCUT2D eigenvalue weighted by Crippen LogP contribution is -2.44. The molecule has 200 valence electrons. The van der Waals surface area contributed by atoms with Crippen LogP contribution in [0.4, 0.5) is 4.79 Å². The lowest BCUT2D eigenvalue weighted by molar-refractivity contribution is -0.150. The summed E-state index contributed by atoms with van der Waals surface area (Å²) in [4.78, 5) is 45.1. The average Bonchev–Trinajstić information content (AvgIpc) is 3.40. The number of aromatic nitrogens is 1. The van der Waals surface area contributed by atoms with E-state index in [0.29, 0.717) is 12.3 Å². The molecule has 0 spiro atoms. The maximum atomic E-state index is 13.6. The SMILES string of the molecule is CC[C@@H]1C[C@]1(CC(=O)[C@@H]1C[C@@H](Oc2nccc3cc(OC)ccc23)CN1C(=O)OC(C)(C)C)C(=O)OC. The van der Waals surface area contributed by atoms with Gasteiger partial charge in [0.05, 0.1) is 32.2 Å². The van der Waals surface area contributed by atoms with Gasteiger partial charge in [-0.3, -0.25) is 14.5 Å². The lowest BCUT2D eigenvalue weighted by Gasteiger charge is -2.28. The number of nitrogens with zero attached hydrogens (tertiary/aromatic N) is 2. The molecule has 0 radical (unpaired) electrons. The lowest BCUT2D eigenvalue weighted by atomic mass is 9.91. The molecule has 2 aromatic rings. The first-order valence-corrected chi connectivity index (χ1v) is 12.7. The Balaban J connectivity index is 1.57. The van der Waals surface area contributed by atoms with E-state index in [4.69, 9.17) is 18.9 Å². The number of Topliss-reactive ketones (excluding diaryl/α,β-unsaturated/α-hetero) is 1. The van der Waals surface area contributed by atoms with E-state index in [9.17, 15) is 14.4 Å². The van der Waals surface area contributed by atoms with E-state index in [1.807, 2.05) is 31.2 Å². The minimum Gasteiger partial charge on any atom is -0.497 e. The molecule has 2 heterocycles. The Kier molecular flexibility index (Phi) is 7.35. The van der Waals surface area contributed by atoms with Crippen LogP contribution in [-0.4, -0.2) is 66.2 Å². The van der Waals surface area contributed by atoms with Crippen LogP contribution < -0.4 is 9.47 Å². The van der Waals surface area contributed by atoms with Crippen LogP contribution in [0.3, 0.4) is 0 Å². The predicted octanol–water partition coefficient (Wildman–Crippen LogP) is 4.55. The Morgan fingerprint density at radius 3 is 2.54 bits per heavy atom. The van der Waals surface area contributed by atoms with Gasteiger partial charge in [0.1, 0.15) is 17.5 Å². The summed E-state index contributed by atoms with van der Waals surface area (Å²) in [7, 11) is 2.95. The second kappa shape index (κ2) is 10.2. The molecule has 1 saturated carbocycles. The number of carbonyl (C=O) groups is 3. The van der Waals surface area contributed by atoms with Gasteiger partial charge in [-0.1, -0.05) is 13.3 Å². The van der Waals surface area contributed by atoms with Gasteiger partial charge in [0, 0.05) is 24.4 Å². The van der Waals surface area contributed by atoms with Crippen LogP contribution in [0.1, 0.15) is 53.4 Å². The Morgan fingerprint density at radius 1 is 1.16 bits per heavy atom. The third-order valence-electron chi connectivity index (χ3n) is 7.28. The Hall–Kier alpha value is -3.36. The van der Waals surface area contributed by atoms with Gasteiger partial charge in [0.25, 0.3) is 0 Å². The fourth-order valence-corrected chi connectivity index (χ4v) is 5.30. The van der Waals surface area contributed by atoms with Crippen molar-refractivity contribution in [1.82, 2.24) is 9.88 Å². The predicted molar refractivity (Wildman–Crippen MR) is 137 cm³/mol. The number of ketones is 1. The molecule has 9 heteroatoms. The highest BCUT2D eigenvalue weighted by molar-refractivity contribution is 5.94. The summed E-state index contributed by atoms with van der Waals surface area (Å²) in [6.07, 6.45) is 2.30. The molecule has 0 bridgehead atoms. The van der Waals surface area contributed by atoms with Gasteiger partial charge in [0.15, 0.2) is 5.78 Å². The van der Waals surface area contributed by atoms with Crippen LogP contribution in [0.15, 0.2) is 30.5 Å². The van der Waals surface area contributed by atoms with Gasteiger partial charge in [-0.25, -0.2) is 9.78 Å². The van der Waals surface area contributed by atoms with Gasteiger partial charge >= 0.3 is 12.1 Å². The second-order valence-electron chi connectivity index (χ2n) is 10.9. The summed E-state index contributed by atoms with van der Waals surface area (Å²) in [6, 6.07) is 6.69. The molecule has 0 unspecified atom stereocenters. The van der Waals surface area contributed by atoms with E-state index in [1.54, 1.807) is 34.1 Å². The molecule has 37 heavy (non-hydrogen) atoms. The maximum Gasteiger partial charge on any atom is 0.411 e. The zero-order chi connectivity index (χ0) is 27.0. The molecule has 4 atom stereocenters. The Morgan fingerprint density at radius 2 is 1.92 bits per heavy atom. The number of methoxy groups -OCH3 is 2. The molecule has 1 amide bonds. The van der Waals surface area contributed by atoms with Crippen LogP contribution in [-0.2, 0) is 19.1 Å². The quantitative estimate of drug-likeness (QED) is 0.475. The summed E-state index contributed by atoms with van der Waals surface area (Å²) in [5, 5.41) is 1.70. The molecular formula is C28H36N2O7. The highest BCUT2D eigenvalue weighted by Crippen LogP contribution is 2.58. The van der Waals surface area contributed by atoms with Crippen molar-refractivity contribution >= 4 is 28.6 Å². The van der Waals surface area contributed by atoms with E-state index in [2.05, 4.69) is 4.98 Å². The number of likely N-dealkylation sites (tertiary alicyclic amines) is 1. The van der Waals surface area contributed by atoms with Crippen LogP contribution >= 0.6 is 0 Å². The summed E-state index contributed by atoms with van der Waals surface area (Å²) >= 11 is 0. The van der Waals surface area contributed by atoms with Crippen LogP contribution in [0.25, 0.3) is 10.8 Å². The number of fused-ring (bicyclic) bond motifs is 1. The van der Waals surface area contributed by atoms with Crippen molar-refractivity contribution in [3.8, 4) is 11.6 Å². The second-order valence-corrected chi connectivity index (χ2v) is 10.9. The maximum absolute atomic E-state index is 13.6. The topological polar surface area (TPSA) is 104 Å². The number of amides is 1. The highest BCUT2D eigenvalue weighted by atomic mass is 16.6. The smallest absolute Gasteiger partial charge is 0.411 e. The number of esters is 1. The van der Waals surface area contributed by atoms with E-state index >= 15 is 0 Å². The van der Waals surface area contributed by atoms with E-state index in [0.717, 1.165) is 22.9 Å². The number of rotatable bonds is 8. The number of hydrogen-bond acceptors (Lipinski definition) is 8. The number of pyridine rings is 1. The molecule has 2 fully saturated rings. The van der Waals surface area contributed by atoms with Crippen molar-refractivity contribution in [1.29, 1.82) is 0 Å². The zero-order valence-corrected chi connectivity index (χ0v) is 22.4. The van der Waals surface area contributed by atoms with E-state index < -0.39 is 29.3 Å². The minimum atomic E-state index is -0.810. The minimum absolute atomic E-state index is 0.0289. The molecule has 2 aliphatic rings. The van der Waals surface area contributed by atoms with Crippen molar-refractivity contribution in [2.75, 3.05) is 20.8 Å². The first-order valence-electron chi connectivity index (χ1n) is 12.7. The number of benzene rings is 1. The van der Waals surface area contributed by atoms with Crippen molar-refractivity contribution in [3.05, 3.63) is 30.5 Å². The third kappa shape index (κ3) is 5.50. The van der Waals surface area contributed by atoms with Crippen molar-refractivity contribution < 1.29 is 33.3 Å². The van der Waals surface area contributed by atoms with Crippen molar-refractivity contribution in [2.24, 2.45) is 11.3 Å². The van der Waals surface area contributed by atoms with Gasteiger partial charge in [-0.05, 0) is 62.8 Å². The monoisotopic (exact) mass is 512 g/mol. The molecule has 1 aliphatic carbocycles. The van der Waals surface area contributed by atoms with E-state index in [-0.39, 0.29) is 37.1 Å². The molecule has 1 aromatic heterocycles. The Labute approximate surface area is 217 Å². The van der Waals surface area contributed by atoms with Gasteiger partial charge < -0.3 is 18.9 Å². The highest BCUT2D eigenvalue weighted by Gasteiger charge is 2.61. The van der Waals surface area contributed by atoms with E-state index in [1.165, 1.54) is 12.0 Å². The molecule has 0 N–H and O–H groups in total. The van der Waals surface area contributed by atoms with Crippen LogP contribution in [0, 0.1) is 11.3 Å². The summed E-state index contributed by atoms with van der Waals surface area (Å²) in [5.74, 6) is 0.690. The van der Waals surface area contributed by atoms with Gasteiger partial charge in [-0.15, -0.1) is 0 Å². The number of ether oxygens (including phenoxy) is 4. The largest absolute Gasteiger partial charge is 0.497 e. The van der Waals surface area contributed by atoms with Gasteiger partial charge in [0.2, 0.25) is 5.88 Å². The van der Waals surface area contributed by atoms with Crippen molar-refractivity contribution in [2.45, 2.75) is 71.1 Å². The Bertz CT molecular complexity index is 1190. The third-order valence-corrected chi connectivity index (χ3v) is 7.28. The summed E-state index contributed by atoms with van der Waals surface area (Å²) in [6.45, 7) is 7.51. The fourth-order valence-electron chi connectivity index (χ4n) is 5.30. The van der Waals surface area contributed by atoms with Crippen LogP contribution in [0.2, 0.25) is 0 Å². The average molecular weight is 513 g/mol. The molecular weight excluding hydrogens is 476 g/mol. The standard InChI is InChI=1S/C28H36N2O7/c1-7-18-14-28(18,25(32)35-6)15-23(31)22-13-20(16-30(22)26(33)37-27(2,3)4)36-24-21-9-8-19(34-5)12-17(21)10-11-29-24/h8-12,18,20,22H,7,13-16H2,1-6H3/t18-,20-,22+,28-/m1/s1. The number of hydrogen-bond donors (Lipinski definition) is 0. The molecule has 1 saturated heterocycles. The summed E-state index contributed by atoms with van der Waals surface area (Å²) in [5.41, 5.74) is -1.54. The molecule has 4 rings (SSSR count). The fraction of sp³-hybridized carbons (Fsp3) is 0.571. The molecule has 9 nitrogen and oxygen atoms in total.